The average Bonchev–Trinajstić information content (AvgIpc) is 2.95. The van der Waals surface area contributed by atoms with Crippen LogP contribution in [0.25, 0.3) is 0 Å². The zero-order valence-corrected chi connectivity index (χ0v) is 11.9. The minimum Gasteiger partial charge on any atom is -0.339 e. The molecule has 0 spiro atoms. The van der Waals surface area contributed by atoms with Crippen molar-refractivity contribution in [1.29, 1.82) is 0 Å². The first-order valence-electron chi connectivity index (χ1n) is 7.41. The van der Waals surface area contributed by atoms with Crippen LogP contribution in [0.2, 0.25) is 0 Å². The maximum Gasteiger partial charge on any atom is 0.229 e. The van der Waals surface area contributed by atoms with Crippen LogP contribution in [-0.2, 0) is 12.8 Å². The molecular formula is C16H21N3O. The van der Waals surface area contributed by atoms with Gasteiger partial charge in [0.05, 0.1) is 0 Å². The Morgan fingerprint density at radius 3 is 2.90 bits per heavy atom. The Morgan fingerprint density at radius 2 is 2.10 bits per heavy atom. The van der Waals surface area contributed by atoms with Gasteiger partial charge in [0.25, 0.3) is 0 Å². The zero-order chi connectivity index (χ0) is 13.8. The van der Waals surface area contributed by atoms with Crippen molar-refractivity contribution >= 4 is 0 Å². The number of nitrogens with one attached hydrogen (secondary N) is 1. The highest BCUT2D eigenvalue weighted by atomic mass is 16.5. The second kappa shape index (κ2) is 6.18. The van der Waals surface area contributed by atoms with E-state index >= 15 is 0 Å². The molecule has 4 heteroatoms. The summed E-state index contributed by atoms with van der Waals surface area (Å²) in [5.41, 5.74) is 1.31. The lowest BCUT2D eigenvalue weighted by molar-refractivity contribution is 0.294. The van der Waals surface area contributed by atoms with Crippen LogP contribution in [0.4, 0.5) is 0 Å². The Bertz CT molecular complexity index is 538. The number of aromatic nitrogens is 2. The highest BCUT2D eigenvalue weighted by Gasteiger charge is 2.24. The SMILES string of the molecule is C[C@H]1C[C@@H](c2nc(CCc3ccccc3)no2)CCN1. The molecule has 0 saturated carbocycles. The lowest BCUT2D eigenvalue weighted by Gasteiger charge is -2.25. The largest absolute Gasteiger partial charge is 0.339 e. The highest BCUT2D eigenvalue weighted by Crippen LogP contribution is 2.26. The van der Waals surface area contributed by atoms with E-state index in [1.54, 1.807) is 0 Å². The third-order valence-electron chi connectivity index (χ3n) is 3.94. The molecule has 3 rings (SSSR count). The number of hydrogen-bond acceptors (Lipinski definition) is 4. The van der Waals surface area contributed by atoms with Crippen molar-refractivity contribution in [3.05, 3.63) is 47.6 Å². The van der Waals surface area contributed by atoms with Gasteiger partial charge in [0.15, 0.2) is 5.82 Å². The molecule has 0 unspecified atom stereocenters. The number of hydrogen-bond donors (Lipinski definition) is 1. The zero-order valence-electron chi connectivity index (χ0n) is 11.9. The van der Waals surface area contributed by atoms with Gasteiger partial charge < -0.3 is 9.84 Å². The number of benzene rings is 1. The molecule has 0 radical (unpaired) electrons. The van der Waals surface area contributed by atoms with E-state index in [2.05, 4.69) is 46.6 Å². The molecule has 2 heterocycles. The van der Waals surface area contributed by atoms with Gasteiger partial charge in [-0.3, -0.25) is 0 Å². The lowest BCUT2D eigenvalue weighted by atomic mass is 9.93. The van der Waals surface area contributed by atoms with E-state index in [0.29, 0.717) is 12.0 Å². The van der Waals surface area contributed by atoms with Gasteiger partial charge in [0.2, 0.25) is 5.89 Å². The van der Waals surface area contributed by atoms with Crippen molar-refractivity contribution in [2.24, 2.45) is 0 Å². The molecule has 0 bridgehead atoms. The summed E-state index contributed by atoms with van der Waals surface area (Å²) in [6, 6.07) is 11.0. The summed E-state index contributed by atoms with van der Waals surface area (Å²) in [5.74, 6) is 2.07. The summed E-state index contributed by atoms with van der Waals surface area (Å²) in [6.45, 7) is 3.24. The molecular weight excluding hydrogens is 250 g/mol. The molecule has 0 aliphatic carbocycles. The molecule has 1 aromatic heterocycles. The molecule has 2 aromatic rings. The van der Waals surface area contributed by atoms with Crippen LogP contribution in [0.15, 0.2) is 34.9 Å². The van der Waals surface area contributed by atoms with Crippen LogP contribution in [-0.4, -0.2) is 22.7 Å². The van der Waals surface area contributed by atoms with Crippen LogP contribution in [0.5, 0.6) is 0 Å². The number of piperidine rings is 1. The molecule has 20 heavy (non-hydrogen) atoms. The van der Waals surface area contributed by atoms with Gasteiger partial charge in [0.1, 0.15) is 0 Å². The molecule has 1 fully saturated rings. The molecule has 1 aliphatic rings. The highest BCUT2D eigenvalue weighted by molar-refractivity contribution is 5.15. The summed E-state index contributed by atoms with van der Waals surface area (Å²) in [5, 5.41) is 7.57. The van der Waals surface area contributed by atoms with E-state index in [1.807, 2.05) is 6.07 Å². The molecule has 2 atom stereocenters. The van der Waals surface area contributed by atoms with E-state index in [9.17, 15) is 0 Å². The van der Waals surface area contributed by atoms with Gasteiger partial charge in [-0.1, -0.05) is 35.5 Å². The van der Waals surface area contributed by atoms with Crippen LogP contribution in [0.3, 0.4) is 0 Å². The van der Waals surface area contributed by atoms with Crippen LogP contribution in [0, 0.1) is 0 Å². The molecule has 106 valence electrons. The molecule has 0 amide bonds. The molecule has 4 nitrogen and oxygen atoms in total. The van der Waals surface area contributed by atoms with Crippen LogP contribution < -0.4 is 5.32 Å². The van der Waals surface area contributed by atoms with Crippen molar-refractivity contribution in [1.82, 2.24) is 15.5 Å². The van der Waals surface area contributed by atoms with Gasteiger partial charge in [0, 0.05) is 18.4 Å². The third-order valence-corrected chi connectivity index (χ3v) is 3.94. The Morgan fingerprint density at radius 1 is 1.25 bits per heavy atom. The standard InChI is InChI=1S/C16H21N3O/c1-12-11-14(9-10-17-12)16-18-15(19-20-16)8-7-13-5-3-2-4-6-13/h2-6,12,14,17H,7-11H2,1H3/t12-,14-/m0/s1. The summed E-state index contributed by atoms with van der Waals surface area (Å²) in [6.07, 6.45) is 3.97. The van der Waals surface area contributed by atoms with Crippen molar-refractivity contribution in [3.8, 4) is 0 Å². The van der Waals surface area contributed by atoms with Crippen LogP contribution in [0.1, 0.15) is 43.0 Å². The first kappa shape index (κ1) is 13.3. The molecule has 1 aromatic carbocycles. The monoisotopic (exact) mass is 271 g/mol. The fraction of sp³-hybridized carbons (Fsp3) is 0.500. The van der Waals surface area contributed by atoms with Crippen molar-refractivity contribution < 1.29 is 4.52 Å². The first-order chi connectivity index (χ1) is 9.81. The number of rotatable bonds is 4. The topological polar surface area (TPSA) is 51.0 Å². The van der Waals surface area contributed by atoms with Gasteiger partial charge in [-0.05, 0) is 38.3 Å². The van der Waals surface area contributed by atoms with Gasteiger partial charge in [-0.25, -0.2) is 0 Å². The Balaban J connectivity index is 1.59. The second-order valence-corrected chi connectivity index (χ2v) is 5.61. The number of aryl methyl sites for hydroxylation is 2. The first-order valence-corrected chi connectivity index (χ1v) is 7.41. The maximum atomic E-state index is 5.45. The summed E-state index contributed by atoms with van der Waals surface area (Å²) in [4.78, 5) is 4.58. The minimum atomic E-state index is 0.421. The van der Waals surface area contributed by atoms with Crippen molar-refractivity contribution in [3.63, 3.8) is 0 Å². The Labute approximate surface area is 119 Å². The van der Waals surface area contributed by atoms with Gasteiger partial charge in [-0.2, -0.15) is 4.98 Å². The van der Waals surface area contributed by atoms with E-state index in [4.69, 9.17) is 4.52 Å². The third kappa shape index (κ3) is 3.25. The predicted octanol–water partition coefficient (Wildman–Crippen LogP) is 2.71. The van der Waals surface area contributed by atoms with Gasteiger partial charge >= 0.3 is 0 Å². The van der Waals surface area contributed by atoms with Crippen molar-refractivity contribution in [2.45, 2.75) is 44.6 Å². The van der Waals surface area contributed by atoms with Gasteiger partial charge in [-0.15, -0.1) is 0 Å². The predicted molar refractivity (Wildman–Crippen MR) is 77.6 cm³/mol. The molecule has 1 aliphatic heterocycles. The smallest absolute Gasteiger partial charge is 0.229 e. The van der Waals surface area contributed by atoms with E-state index in [1.165, 1.54) is 5.56 Å². The van der Waals surface area contributed by atoms with Crippen molar-refractivity contribution in [2.75, 3.05) is 6.54 Å². The van der Waals surface area contributed by atoms with E-state index in [0.717, 1.165) is 43.9 Å². The average molecular weight is 271 g/mol. The normalized spacial score (nSPS) is 22.9. The summed E-state index contributed by atoms with van der Waals surface area (Å²) >= 11 is 0. The Kier molecular flexibility index (Phi) is 4.11. The van der Waals surface area contributed by atoms with E-state index < -0.39 is 0 Å². The lowest BCUT2D eigenvalue weighted by Crippen LogP contribution is -2.34. The molecule has 1 N–H and O–H groups in total. The molecule has 1 saturated heterocycles. The maximum absolute atomic E-state index is 5.45. The fourth-order valence-corrected chi connectivity index (χ4v) is 2.79. The summed E-state index contributed by atoms with van der Waals surface area (Å²) < 4.78 is 5.45. The quantitative estimate of drug-likeness (QED) is 0.929. The second-order valence-electron chi connectivity index (χ2n) is 5.61. The number of nitrogens with zero attached hydrogens (tertiary/aromatic N) is 2. The summed E-state index contributed by atoms with van der Waals surface area (Å²) in [7, 11) is 0. The van der Waals surface area contributed by atoms with E-state index in [-0.39, 0.29) is 0 Å². The fourth-order valence-electron chi connectivity index (χ4n) is 2.79. The Hall–Kier alpha value is -1.68. The minimum absolute atomic E-state index is 0.421. The van der Waals surface area contributed by atoms with Crippen LogP contribution >= 0.6 is 0 Å².